The number of hydrogen-bond acceptors (Lipinski definition) is 8. The number of hydrogen-bond donors (Lipinski definition) is 1. The molecular formula is C25H21ClN6O4S. The first-order chi connectivity index (χ1) is 18.0. The summed E-state index contributed by atoms with van der Waals surface area (Å²) in [4.78, 5) is 22.9. The standard InChI is InChI=1S/C25H21ClN6O4S/c1-2-36-21-11-8-19(9-12-21)31-24(17-6-4-3-5-7-17)29-30-25(31)37-16-23(33)28-27-15-18-14-20(32(34)35)10-13-22(18)26/h3-15H,2,16H2,1H3,(H,28,33)/b27-15-. The van der Waals surface area contributed by atoms with Crippen LogP contribution in [0.15, 0.2) is 83.1 Å². The number of thioether (sulfide) groups is 1. The molecule has 0 unspecified atom stereocenters. The molecule has 0 fully saturated rings. The topological polar surface area (TPSA) is 125 Å². The number of benzene rings is 3. The van der Waals surface area contributed by atoms with Crippen LogP contribution in [0.5, 0.6) is 5.75 Å². The maximum Gasteiger partial charge on any atom is 0.270 e. The van der Waals surface area contributed by atoms with Crippen LogP contribution in [0.4, 0.5) is 5.69 Å². The monoisotopic (exact) mass is 536 g/mol. The Morgan fingerprint density at radius 1 is 1.16 bits per heavy atom. The summed E-state index contributed by atoms with van der Waals surface area (Å²) in [5.41, 5.74) is 4.27. The molecule has 188 valence electrons. The smallest absolute Gasteiger partial charge is 0.270 e. The van der Waals surface area contributed by atoms with Crippen molar-refractivity contribution < 1.29 is 14.5 Å². The molecule has 4 aromatic rings. The Morgan fingerprint density at radius 3 is 2.62 bits per heavy atom. The van der Waals surface area contributed by atoms with E-state index in [-0.39, 0.29) is 16.5 Å². The summed E-state index contributed by atoms with van der Waals surface area (Å²) >= 11 is 7.25. The van der Waals surface area contributed by atoms with Gasteiger partial charge >= 0.3 is 0 Å². The van der Waals surface area contributed by atoms with Crippen LogP contribution >= 0.6 is 23.4 Å². The molecule has 1 N–H and O–H groups in total. The van der Waals surface area contributed by atoms with Crippen molar-refractivity contribution in [1.82, 2.24) is 20.2 Å². The van der Waals surface area contributed by atoms with E-state index >= 15 is 0 Å². The molecule has 0 spiro atoms. The maximum atomic E-state index is 12.4. The zero-order chi connectivity index (χ0) is 26.2. The highest BCUT2D eigenvalue weighted by Gasteiger charge is 2.17. The molecule has 3 aromatic carbocycles. The average molecular weight is 537 g/mol. The van der Waals surface area contributed by atoms with Gasteiger partial charge in [-0.2, -0.15) is 5.10 Å². The Bertz CT molecular complexity index is 1430. The summed E-state index contributed by atoms with van der Waals surface area (Å²) in [6, 6.07) is 21.1. The van der Waals surface area contributed by atoms with E-state index in [1.165, 1.54) is 36.2 Å². The molecule has 37 heavy (non-hydrogen) atoms. The molecular weight excluding hydrogens is 516 g/mol. The molecule has 12 heteroatoms. The van der Waals surface area contributed by atoms with Crippen LogP contribution in [0.1, 0.15) is 12.5 Å². The van der Waals surface area contributed by atoms with Crippen molar-refractivity contribution >= 4 is 41.2 Å². The summed E-state index contributed by atoms with van der Waals surface area (Å²) < 4.78 is 7.41. The van der Waals surface area contributed by atoms with Crippen LogP contribution < -0.4 is 10.2 Å². The Morgan fingerprint density at radius 2 is 1.92 bits per heavy atom. The van der Waals surface area contributed by atoms with Crippen LogP contribution in [-0.2, 0) is 4.79 Å². The lowest BCUT2D eigenvalue weighted by atomic mass is 10.2. The molecule has 4 rings (SSSR count). The van der Waals surface area contributed by atoms with Gasteiger partial charge in [-0.05, 0) is 37.3 Å². The average Bonchev–Trinajstić information content (AvgIpc) is 3.33. The number of nitro groups is 1. The molecule has 0 aliphatic rings. The van der Waals surface area contributed by atoms with E-state index in [2.05, 4.69) is 20.7 Å². The number of nitro benzene ring substituents is 1. The van der Waals surface area contributed by atoms with Gasteiger partial charge < -0.3 is 4.74 Å². The third-order valence-corrected chi connectivity index (χ3v) is 6.26. The quantitative estimate of drug-likeness (QED) is 0.129. The van der Waals surface area contributed by atoms with Gasteiger partial charge in [-0.25, -0.2) is 5.43 Å². The van der Waals surface area contributed by atoms with Crippen LogP contribution in [0.2, 0.25) is 5.02 Å². The molecule has 0 atom stereocenters. The molecule has 0 aliphatic carbocycles. The van der Waals surface area contributed by atoms with E-state index in [0.29, 0.717) is 23.2 Å². The summed E-state index contributed by atoms with van der Waals surface area (Å²) in [7, 11) is 0. The Hall–Kier alpha value is -4.22. The highest BCUT2D eigenvalue weighted by molar-refractivity contribution is 7.99. The highest BCUT2D eigenvalue weighted by Crippen LogP contribution is 2.29. The Kier molecular flexibility index (Phi) is 8.49. The first-order valence-electron chi connectivity index (χ1n) is 11.1. The van der Waals surface area contributed by atoms with Gasteiger partial charge in [-0.3, -0.25) is 19.5 Å². The summed E-state index contributed by atoms with van der Waals surface area (Å²) in [6.07, 6.45) is 1.26. The van der Waals surface area contributed by atoms with Gasteiger partial charge in [0.25, 0.3) is 11.6 Å². The van der Waals surface area contributed by atoms with Crippen molar-refractivity contribution in [3.8, 4) is 22.8 Å². The third-order valence-electron chi connectivity index (χ3n) is 4.99. The number of amides is 1. The first-order valence-corrected chi connectivity index (χ1v) is 12.5. The number of non-ortho nitro benzene ring substituents is 1. The fourth-order valence-electron chi connectivity index (χ4n) is 3.31. The zero-order valence-corrected chi connectivity index (χ0v) is 21.1. The van der Waals surface area contributed by atoms with Gasteiger partial charge in [0.2, 0.25) is 0 Å². The number of nitrogens with zero attached hydrogens (tertiary/aromatic N) is 5. The second-order valence-corrected chi connectivity index (χ2v) is 8.83. The minimum absolute atomic E-state index is 0.00393. The first kappa shape index (κ1) is 25.9. The molecule has 0 saturated heterocycles. The lowest BCUT2D eigenvalue weighted by Crippen LogP contribution is -2.20. The molecule has 0 bridgehead atoms. The highest BCUT2D eigenvalue weighted by atomic mass is 35.5. The van der Waals surface area contributed by atoms with Gasteiger partial charge in [0.15, 0.2) is 11.0 Å². The molecule has 0 aliphatic heterocycles. The molecule has 1 amide bonds. The van der Waals surface area contributed by atoms with Gasteiger partial charge in [0, 0.05) is 34.0 Å². The predicted molar refractivity (Wildman–Crippen MR) is 143 cm³/mol. The number of nitrogens with one attached hydrogen (secondary N) is 1. The van der Waals surface area contributed by atoms with Crippen molar-refractivity contribution in [2.75, 3.05) is 12.4 Å². The molecule has 1 aromatic heterocycles. The number of hydrazone groups is 1. The van der Waals surface area contributed by atoms with E-state index in [1.807, 2.05) is 66.1 Å². The van der Waals surface area contributed by atoms with Crippen molar-refractivity contribution in [3.05, 3.63) is 93.5 Å². The van der Waals surface area contributed by atoms with Gasteiger partial charge in [0.05, 0.1) is 23.5 Å². The minimum atomic E-state index is -0.535. The fraction of sp³-hybridized carbons (Fsp3) is 0.120. The van der Waals surface area contributed by atoms with E-state index in [1.54, 1.807) is 0 Å². The van der Waals surface area contributed by atoms with Gasteiger partial charge in [-0.15, -0.1) is 10.2 Å². The predicted octanol–water partition coefficient (Wildman–Crippen LogP) is 5.14. The van der Waals surface area contributed by atoms with Crippen LogP contribution in [-0.4, -0.2) is 44.2 Å². The molecule has 10 nitrogen and oxygen atoms in total. The van der Waals surface area contributed by atoms with Crippen molar-refractivity contribution in [1.29, 1.82) is 0 Å². The zero-order valence-electron chi connectivity index (χ0n) is 19.6. The Balaban J connectivity index is 1.50. The number of ether oxygens (including phenoxy) is 1. The van der Waals surface area contributed by atoms with Crippen LogP contribution in [0.3, 0.4) is 0 Å². The van der Waals surface area contributed by atoms with E-state index in [9.17, 15) is 14.9 Å². The lowest BCUT2D eigenvalue weighted by molar-refractivity contribution is -0.384. The number of rotatable bonds is 10. The molecule has 0 saturated carbocycles. The van der Waals surface area contributed by atoms with Crippen molar-refractivity contribution in [2.45, 2.75) is 12.1 Å². The lowest BCUT2D eigenvalue weighted by Gasteiger charge is -2.11. The maximum absolute atomic E-state index is 12.4. The minimum Gasteiger partial charge on any atom is -0.494 e. The second-order valence-electron chi connectivity index (χ2n) is 7.48. The van der Waals surface area contributed by atoms with E-state index in [4.69, 9.17) is 16.3 Å². The Labute approximate surface area is 221 Å². The molecule has 1 heterocycles. The van der Waals surface area contributed by atoms with Crippen molar-refractivity contribution in [2.24, 2.45) is 5.10 Å². The fourth-order valence-corrected chi connectivity index (χ4v) is 4.22. The summed E-state index contributed by atoms with van der Waals surface area (Å²) in [5, 5.41) is 24.3. The van der Waals surface area contributed by atoms with Crippen molar-refractivity contribution in [3.63, 3.8) is 0 Å². The normalized spacial score (nSPS) is 11.0. The second kappa shape index (κ2) is 12.2. The molecule has 0 radical (unpaired) electrons. The SMILES string of the molecule is CCOc1ccc(-n2c(SCC(=O)N/N=C\c3cc([N+](=O)[O-])ccc3Cl)nnc2-c2ccccc2)cc1. The number of carbonyl (C=O) groups excluding carboxylic acids is 1. The number of carbonyl (C=O) groups is 1. The number of halogens is 1. The summed E-state index contributed by atoms with van der Waals surface area (Å²) in [5.74, 6) is 0.983. The third kappa shape index (κ3) is 6.51. The van der Waals surface area contributed by atoms with E-state index in [0.717, 1.165) is 17.0 Å². The van der Waals surface area contributed by atoms with Gasteiger partial charge in [-0.1, -0.05) is 53.7 Å². The largest absolute Gasteiger partial charge is 0.494 e. The van der Waals surface area contributed by atoms with Crippen LogP contribution in [0, 0.1) is 10.1 Å². The van der Waals surface area contributed by atoms with Gasteiger partial charge in [0.1, 0.15) is 5.75 Å². The summed E-state index contributed by atoms with van der Waals surface area (Å²) in [6.45, 7) is 2.48. The number of aromatic nitrogens is 3. The van der Waals surface area contributed by atoms with E-state index < -0.39 is 10.8 Å². The van der Waals surface area contributed by atoms with Crippen LogP contribution in [0.25, 0.3) is 17.1 Å².